The number of hydrogen-bond acceptors (Lipinski definition) is 4. The molecule has 0 saturated carbocycles. The summed E-state index contributed by atoms with van der Waals surface area (Å²) in [4.78, 5) is 11.3. The van der Waals surface area contributed by atoms with Crippen molar-refractivity contribution in [3.63, 3.8) is 0 Å². The molecule has 1 heterocycles. The Balaban J connectivity index is 2.05. The minimum absolute atomic E-state index is 0.237. The van der Waals surface area contributed by atoms with Gasteiger partial charge in [0.05, 0.1) is 19.3 Å². The number of carbonyl (C=O) groups is 1. The molecule has 1 aromatic rings. The zero-order valence-electron chi connectivity index (χ0n) is 9.36. The second-order valence-electron chi connectivity index (χ2n) is 3.73. The number of epoxide rings is 1. The lowest BCUT2D eigenvalue weighted by molar-refractivity contribution is 0.0600. The summed E-state index contributed by atoms with van der Waals surface area (Å²) in [6.45, 7) is 3.20. The molecule has 86 valence electrons. The quantitative estimate of drug-likeness (QED) is 0.573. The van der Waals surface area contributed by atoms with E-state index in [0.29, 0.717) is 12.2 Å². The van der Waals surface area contributed by atoms with E-state index >= 15 is 0 Å². The van der Waals surface area contributed by atoms with E-state index < -0.39 is 0 Å². The summed E-state index contributed by atoms with van der Waals surface area (Å²) in [5.41, 5.74) is 1.42. The molecule has 1 aromatic carbocycles. The number of esters is 1. The molecule has 1 aliphatic heterocycles. The maximum atomic E-state index is 11.3. The predicted molar refractivity (Wildman–Crippen MR) is 57.8 cm³/mol. The van der Waals surface area contributed by atoms with Crippen LogP contribution in [0.3, 0.4) is 0 Å². The standard InChI is InChI=1S/C12H14O4/c1-8-5-9(15-6-10-7-16-10)3-4-11(8)12(13)14-2/h3-5,10H,6-7H2,1-2H3. The van der Waals surface area contributed by atoms with Crippen LogP contribution in [0.5, 0.6) is 5.75 Å². The third-order valence-electron chi connectivity index (χ3n) is 2.44. The summed E-state index contributed by atoms with van der Waals surface area (Å²) in [7, 11) is 1.37. The third-order valence-corrected chi connectivity index (χ3v) is 2.44. The van der Waals surface area contributed by atoms with Crippen molar-refractivity contribution in [3.8, 4) is 5.75 Å². The van der Waals surface area contributed by atoms with Crippen molar-refractivity contribution >= 4 is 5.97 Å². The monoisotopic (exact) mass is 222 g/mol. The topological polar surface area (TPSA) is 48.1 Å². The van der Waals surface area contributed by atoms with Crippen LogP contribution in [0.4, 0.5) is 0 Å². The SMILES string of the molecule is COC(=O)c1ccc(OCC2CO2)cc1C. The lowest BCUT2D eigenvalue weighted by atomic mass is 10.1. The Morgan fingerprint density at radius 3 is 2.88 bits per heavy atom. The molecule has 1 aliphatic rings. The number of ether oxygens (including phenoxy) is 3. The summed E-state index contributed by atoms with van der Waals surface area (Å²) < 4.78 is 15.2. The van der Waals surface area contributed by atoms with Crippen LogP contribution in [-0.4, -0.2) is 32.4 Å². The summed E-state index contributed by atoms with van der Waals surface area (Å²) in [5, 5.41) is 0. The van der Waals surface area contributed by atoms with Crippen LogP contribution in [0, 0.1) is 6.92 Å². The van der Waals surface area contributed by atoms with E-state index in [1.807, 2.05) is 13.0 Å². The fourth-order valence-electron chi connectivity index (χ4n) is 1.42. The Morgan fingerprint density at radius 2 is 2.31 bits per heavy atom. The van der Waals surface area contributed by atoms with Crippen LogP contribution < -0.4 is 4.74 Å². The van der Waals surface area contributed by atoms with Gasteiger partial charge in [-0.05, 0) is 30.7 Å². The average Bonchev–Trinajstić information content (AvgIpc) is 3.09. The van der Waals surface area contributed by atoms with Crippen molar-refractivity contribution in [2.45, 2.75) is 13.0 Å². The Labute approximate surface area is 94.1 Å². The van der Waals surface area contributed by atoms with Gasteiger partial charge in [0.15, 0.2) is 0 Å². The molecule has 0 amide bonds. The highest BCUT2D eigenvalue weighted by molar-refractivity contribution is 5.91. The van der Waals surface area contributed by atoms with Crippen LogP contribution >= 0.6 is 0 Å². The largest absolute Gasteiger partial charge is 0.491 e. The summed E-state index contributed by atoms with van der Waals surface area (Å²) in [5.74, 6) is 0.426. The van der Waals surface area contributed by atoms with Gasteiger partial charge >= 0.3 is 5.97 Å². The molecule has 0 N–H and O–H groups in total. The smallest absolute Gasteiger partial charge is 0.338 e. The zero-order valence-corrected chi connectivity index (χ0v) is 9.36. The second-order valence-corrected chi connectivity index (χ2v) is 3.73. The first-order chi connectivity index (χ1) is 7.70. The minimum atomic E-state index is -0.324. The summed E-state index contributed by atoms with van der Waals surface area (Å²) >= 11 is 0. The average molecular weight is 222 g/mol. The molecule has 0 aromatic heterocycles. The van der Waals surface area contributed by atoms with E-state index in [9.17, 15) is 4.79 Å². The first-order valence-electron chi connectivity index (χ1n) is 5.14. The highest BCUT2D eigenvalue weighted by Gasteiger charge is 2.23. The number of carbonyl (C=O) groups excluding carboxylic acids is 1. The van der Waals surface area contributed by atoms with Gasteiger partial charge in [-0.25, -0.2) is 4.79 Å². The molecule has 0 aliphatic carbocycles. The number of aryl methyl sites for hydroxylation is 1. The van der Waals surface area contributed by atoms with Crippen LogP contribution in [0.15, 0.2) is 18.2 Å². The highest BCUT2D eigenvalue weighted by Crippen LogP contribution is 2.19. The van der Waals surface area contributed by atoms with Crippen molar-refractivity contribution in [3.05, 3.63) is 29.3 Å². The van der Waals surface area contributed by atoms with Crippen LogP contribution in [-0.2, 0) is 9.47 Å². The molecule has 4 heteroatoms. The molecule has 1 saturated heterocycles. The van der Waals surface area contributed by atoms with E-state index in [-0.39, 0.29) is 12.1 Å². The molecular weight excluding hydrogens is 208 g/mol. The van der Waals surface area contributed by atoms with E-state index in [2.05, 4.69) is 4.74 Å². The molecule has 0 spiro atoms. The first-order valence-corrected chi connectivity index (χ1v) is 5.14. The summed E-state index contributed by atoms with van der Waals surface area (Å²) in [6, 6.07) is 5.31. The van der Waals surface area contributed by atoms with Crippen LogP contribution in [0.25, 0.3) is 0 Å². The highest BCUT2D eigenvalue weighted by atomic mass is 16.6. The van der Waals surface area contributed by atoms with E-state index in [1.54, 1.807) is 12.1 Å². The van der Waals surface area contributed by atoms with E-state index in [4.69, 9.17) is 9.47 Å². The number of rotatable bonds is 4. The lowest BCUT2D eigenvalue weighted by Crippen LogP contribution is -2.06. The van der Waals surface area contributed by atoms with Gasteiger partial charge in [-0.15, -0.1) is 0 Å². The molecule has 16 heavy (non-hydrogen) atoms. The van der Waals surface area contributed by atoms with Crippen molar-refractivity contribution in [1.29, 1.82) is 0 Å². The molecule has 1 unspecified atom stereocenters. The van der Waals surface area contributed by atoms with Gasteiger partial charge in [0.2, 0.25) is 0 Å². The fraction of sp³-hybridized carbons (Fsp3) is 0.417. The van der Waals surface area contributed by atoms with Crippen LogP contribution in [0.2, 0.25) is 0 Å². The van der Waals surface area contributed by atoms with E-state index in [1.165, 1.54) is 7.11 Å². The molecule has 1 fully saturated rings. The van der Waals surface area contributed by atoms with Crippen molar-refractivity contribution in [2.24, 2.45) is 0 Å². The maximum absolute atomic E-state index is 11.3. The third kappa shape index (κ3) is 2.52. The Morgan fingerprint density at radius 1 is 1.56 bits per heavy atom. The van der Waals surface area contributed by atoms with Gasteiger partial charge in [-0.3, -0.25) is 0 Å². The number of benzene rings is 1. The molecule has 0 radical (unpaired) electrons. The second kappa shape index (κ2) is 4.53. The normalized spacial score (nSPS) is 18.0. The van der Waals surface area contributed by atoms with Gasteiger partial charge in [0.1, 0.15) is 18.5 Å². The van der Waals surface area contributed by atoms with Gasteiger partial charge < -0.3 is 14.2 Å². The first kappa shape index (κ1) is 11.0. The van der Waals surface area contributed by atoms with Crippen molar-refractivity contribution in [1.82, 2.24) is 0 Å². The summed E-state index contributed by atoms with van der Waals surface area (Å²) in [6.07, 6.45) is 0.237. The van der Waals surface area contributed by atoms with Gasteiger partial charge in [-0.1, -0.05) is 0 Å². The molecule has 0 bridgehead atoms. The Bertz CT molecular complexity index is 396. The molecular formula is C12H14O4. The lowest BCUT2D eigenvalue weighted by Gasteiger charge is -2.08. The maximum Gasteiger partial charge on any atom is 0.338 e. The Kier molecular flexibility index (Phi) is 3.10. The van der Waals surface area contributed by atoms with Crippen molar-refractivity contribution < 1.29 is 19.0 Å². The predicted octanol–water partition coefficient (Wildman–Crippen LogP) is 1.56. The van der Waals surface area contributed by atoms with Gasteiger partial charge in [0, 0.05) is 0 Å². The van der Waals surface area contributed by atoms with Gasteiger partial charge in [0.25, 0.3) is 0 Å². The number of hydrogen-bond donors (Lipinski definition) is 0. The Hall–Kier alpha value is -1.55. The van der Waals surface area contributed by atoms with Crippen molar-refractivity contribution in [2.75, 3.05) is 20.3 Å². The van der Waals surface area contributed by atoms with E-state index in [0.717, 1.165) is 17.9 Å². The molecule has 2 rings (SSSR count). The zero-order chi connectivity index (χ0) is 11.5. The molecule has 4 nitrogen and oxygen atoms in total. The van der Waals surface area contributed by atoms with Crippen LogP contribution in [0.1, 0.15) is 15.9 Å². The van der Waals surface area contributed by atoms with Gasteiger partial charge in [-0.2, -0.15) is 0 Å². The molecule has 1 atom stereocenters. The number of methoxy groups -OCH3 is 1. The fourth-order valence-corrected chi connectivity index (χ4v) is 1.42. The minimum Gasteiger partial charge on any atom is -0.491 e.